The topological polar surface area (TPSA) is 49.9 Å². The summed E-state index contributed by atoms with van der Waals surface area (Å²) in [7, 11) is -3.53. The molecule has 1 N–H and O–H groups in total. The van der Waals surface area contributed by atoms with Crippen molar-refractivity contribution in [3.63, 3.8) is 0 Å². The van der Waals surface area contributed by atoms with Gasteiger partial charge in [-0.05, 0) is 38.5 Å². The van der Waals surface area contributed by atoms with Crippen molar-refractivity contribution in [3.05, 3.63) is 59.3 Å². The number of H-pyrrole nitrogens is 1. The Labute approximate surface area is 124 Å². The number of benzene rings is 2. The molecule has 0 bridgehead atoms. The minimum Gasteiger partial charge on any atom is -0.358 e. The van der Waals surface area contributed by atoms with Crippen molar-refractivity contribution in [2.75, 3.05) is 0 Å². The van der Waals surface area contributed by atoms with E-state index in [0.717, 1.165) is 22.0 Å². The normalized spacial score (nSPS) is 12.0. The Morgan fingerprint density at radius 2 is 1.67 bits per heavy atom. The van der Waals surface area contributed by atoms with Crippen molar-refractivity contribution < 1.29 is 8.42 Å². The average molecular weight is 299 g/mol. The van der Waals surface area contributed by atoms with Crippen LogP contribution in [-0.4, -0.2) is 13.4 Å². The zero-order valence-electron chi connectivity index (χ0n) is 12.3. The summed E-state index contributed by atoms with van der Waals surface area (Å²) in [5, 5.41) is 0.745. The van der Waals surface area contributed by atoms with E-state index in [1.807, 2.05) is 50.2 Å². The summed E-state index contributed by atoms with van der Waals surface area (Å²) in [4.78, 5) is 3.91. The van der Waals surface area contributed by atoms with Crippen LogP contribution in [0.15, 0.2) is 52.3 Å². The van der Waals surface area contributed by atoms with Crippen LogP contribution in [0, 0.1) is 20.8 Å². The van der Waals surface area contributed by atoms with Gasteiger partial charge in [0.1, 0.15) is 0 Å². The number of aromatic amines is 1. The highest BCUT2D eigenvalue weighted by Crippen LogP contribution is 2.32. The first-order valence-corrected chi connectivity index (χ1v) is 8.29. The quantitative estimate of drug-likeness (QED) is 0.779. The van der Waals surface area contributed by atoms with Crippen LogP contribution in [0.1, 0.15) is 16.8 Å². The van der Waals surface area contributed by atoms with E-state index in [1.165, 1.54) is 0 Å². The summed E-state index contributed by atoms with van der Waals surface area (Å²) in [5.41, 5.74) is 3.36. The average Bonchev–Trinajstić information content (AvgIpc) is 2.74. The zero-order chi connectivity index (χ0) is 15.2. The third-order valence-corrected chi connectivity index (χ3v) is 5.82. The lowest BCUT2D eigenvalue weighted by Crippen LogP contribution is -2.05. The lowest BCUT2D eigenvalue weighted by atomic mass is 10.2. The highest BCUT2D eigenvalue weighted by molar-refractivity contribution is 7.91. The Kier molecular flexibility index (Phi) is 3.14. The Morgan fingerprint density at radius 3 is 2.38 bits per heavy atom. The second kappa shape index (κ2) is 4.74. The maximum absolute atomic E-state index is 13.0. The maximum atomic E-state index is 13.0. The lowest BCUT2D eigenvalue weighted by molar-refractivity contribution is 0.595. The van der Waals surface area contributed by atoms with Crippen LogP contribution in [0.25, 0.3) is 10.9 Å². The minimum atomic E-state index is -3.53. The van der Waals surface area contributed by atoms with Crippen molar-refractivity contribution in [3.8, 4) is 0 Å². The fourth-order valence-electron chi connectivity index (χ4n) is 2.81. The Balaban J connectivity index is 2.33. The van der Waals surface area contributed by atoms with Crippen LogP contribution in [-0.2, 0) is 9.84 Å². The number of fused-ring (bicyclic) bond motifs is 1. The number of hydrogen-bond acceptors (Lipinski definition) is 2. The highest BCUT2D eigenvalue weighted by atomic mass is 32.2. The lowest BCUT2D eigenvalue weighted by Gasteiger charge is -2.09. The van der Waals surface area contributed by atoms with Gasteiger partial charge in [-0.2, -0.15) is 0 Å². The predicted molar refractivity (Wildman–Crippen MR) is 84.4 cm³/mol. The molecule has 3 rings (SSSR count). The second-order valence-electron chi connectivity index (χ2n) is 5.40. The zero-order valence-corrected chi connectivity index (χ0v) is 13.1. The first kappa shape index (κ1) is 13.9. The van der Waals surface area contributed by atoms with Gasteiger partial charge in [-0.1, -0.05) is 35.9 Å². The molecule has 0 aliphatic carbocycles. The molecule has 0 amide bonds. The van der Waals surface area contributed by atoms with Gasteiger partial charge in [-0.15, -0.1) is 0 Å². The fraction of sp³-hybridized carbons (Fsp3) is 0.176. The number of hydrogen-bond donors (Lipinski definition) is 1. The minimum absolute atomic E-state index is 0.376. The summed E-state index contributed by atoms with van der Waals surface area (Å²) in [6, 6.07) is 12.9. The molecule has 108 valence electrons. The number of rotatable bonds is 2. The van der Waals surface area contributed by atoms with Gasteiger partial charge in [0.2, 0.25) is 9.84 Å². The van der Waals surface area contributed by atoms with Gasteiger partial charge in [-0.3, -0.25) is 0 Å². The molecule has 1 aromatic heterocycles. The van der Waals surface area contributed by atoms with Gasteiger partial charge in [0.15, 0.2) is 0 Å². The van der Waals surface area contributed by atoms with Gasteiger partial charge in [0, 0.05) is 16.6 Å². The fourth-order valence-corrected chi connectivity index (χ4v) is 4.68. The molecule has 0 spiro atoms. The summed E-state index contributed by atoms with van der Waals surface area (Å²) in [6.45, 7) is 5.60. The van der Waals surface area contributed by atoms with Gasteiger partial charge < -0.3 is 4.98 Å². The Morgan fingerprint density at radius 1 is 0.952 bits per heavy atom. The maximum Gasteiger partial charge on any atom is 0.209 e. The van der Waals surface area contributed by atoms with Gasteiger partial charge >= 0.3 is 0 Å². The summed E-state index contributed by atoms with van der Waals surface area (Å²) in [6.07, 6.45) is 0. The van der Waals surface area contributed by atoms with E-state index in [9.17, 15) is 8.42 Å². The molecule has 0 fully saturated rings. The van der Waals surface area contributed by atoms with Crippen LogP contribution in [0.5, 0.6) is 0 Å². The standard InChI is InChI=1S/C17H17NO2S/c1-11-8-9-16(12(2)10-11)21(19,20)17-13(3)18-15-7-5-4-6-14(15)17/h4-10,18H,1-3H3. The number of aromatic nitrogens is 1. The van der Waals surface area contributed by atoms with Crippen molar-refractivity contribution in [1.29, 1.82) is 0 Å². The van der Waals surface area contributed by atoms with E-state index in [0.29, 0.717) is 15.5 Å². The molecule has 0 aliphatic rings. The van der Waals surface area contributed by atoms with Crippen molar-refractivity contribution in [1.82, 2.24) is 4.98 Å². The molecule has 3 aromatic rings. The highest BCUT2D eigenvalue weighted by Gasteiger charge is 2.25. The van der Waals surface area contributed by atoms with Gasteiger partial charge in [0.25, 0.3) is 0 Å². The predicted octanol–water partition coefficient (Wildman–Crippen LogP) is 3.93. The largest absolute Gasteiger partial charge is 0.358 e. The summed E-state index contributed by atoms with van der Waals surface area (Å²) < 4.78 is 26.1. The van der Waals surface area contributed by atoms with Gasteiger partial charge in [0.05, 0.1) is 9.79 Å². The summed E-state index contributed by atoms with van der Waals surface area (Å²) in [5.74, 6) is 0. The van der Waals surface area contributed by atoms with Crippen LogP contribution in [0.2, 0.25) is 0 Å². The molecule has 0 unspecified atom stereocenters. The van der Waals surface area contributed by atoms with E-state index >= 15 is 0 Å². The van der Waals surface area contributed by atoms with Gasteiger partial charge in [-0.25, -0.2) is 8.42 Å². The first-order valence-electron chi connectivity index (χ1n) is 6.81. The molecule has 3 nitrogen and oxygen atoms in total. The van der Waals surface area contributed by atoms with Crippen LogP contribution >= 0.6 is 0 Å². The Hall–Kier alpha value is -2.07. The molecule has 0 radical (unpaired) electrons. The number of nitrogens with one attached hydrogen (secondary N) is 1. The van der Waals surface area contributed by atoms with Crippen molar-refractivity contribution in [2.24, 2.45) is 0 Å². The van der Waals surface area contributed by atoms with Crippen LogP contribution in [0.3, 0.4) is 0 Å². The molecule has 4 heteroatoms. The van der Waals surface area contributed by atoms with E-state index < -0.39 is 9.84 Å². The number of aryl methyl sites for hydroxylation is 3. The summed E-state index contributed by atoms with van der Waals surface area (Å²) >= 11 is 0. The smallest absolute Gasteiger partial charge is 0.209 e. The van der Waals surface area contributed by atoms with Crippen molar-refractivity contribution in [2.45, 2.75) is 30.6 Å². The third-order valence-electron chi connectivity index (χ3n) is 3.72. The van der Waals surface area contributed by atoms with E-state index in [2.05, 4.69) is 4.98 Å². The molecule has 0 atom stereocenters. The molecule has 2 aromatic carbocycles. The van der Waals surface area contributed by atoms with E-state index in [-0.39, 0.29) is 0 Å². The van der Waals surface area contributed by atoms with E-state index in [1.54, 1.807) is 13.0 Å². The monoisotopic (exact) mass is 299 g/mol. The number of para-hydroxylation sites is 1. The third kappa shape index (κ3) is 2.16. The number of sulfone groups is 1. The molecular formula is C17H17NO2S. The molecule has 0 aliphatic heterocycles. The Bertz CT molecular complexity index is 937. The van der Waals surface area contributed by atoms with Crippen LogP contribution in [0.4, 0.5) is 0 Å². The molecule has 1 heterocycles. The molecule has 0 saturated carbocycles. The molecule has 0 saturated heterocycles. The molecule has 21 heavy (non-hydrogen) atoms. The first-order chi connectivity index (χ1) is 9.91. The van der Waals surface area contributed by atoms with Crippen molar-refractivity contribution >= 4 is 20.7 Å². The van der Waals surface area contributed by atoms with Crippen LogP contribution < -0.4 is 0 Å². The SMILES string of the molecule is Cc1ccc(S(=O)(=O)c2c(C)[nH]c3ccccc23)c(C)c1. The van der Waals surface area contributed by atoms with E-state index in [4.69, 9.17) is 0 Å². The molecular weight excluding hydrogens is 282 g/mol. The second-order valence-corrected chi connectivity index (χ2v) is 7.25.